The number of benzene rings is 3. The highest BCUT2D eigenvalue weighted by molar-refractivity contribution is 7.99. The zero-order valence-electron chi connectivity index (χ0n) is 40.5. The van der Waals surface area contributed by atoms with E-state index in [1.807, 2.05) is 20.8 Å². The van der Waals surface area contributed by atoms with Gasteiger partial charge in [-0.1, -0.05) is 56.1 Å². The second-order valence-electron chi connectivity index (χ2n) is 14.0. The van der Waals surface area contributed by atoms with Crippen LogP contribution in [0.25, 0.3) is 0 Å². The lowest BCUT2D eigenvalue weighted by Gasteiger charge is -2.14. The van der Waals surface area contributed by atoms with E-state index in [1.165, 1.54) is 113 Å². The third-order valence-electron chi connectivity index (χ3n) is 9.39. The van der Waals surface area contributed by atoms with E-state index in [4.69, 9.17) is 36.2 Å². The minimum absolute atomic E-state index is 0.0685. The number of aryl methyl sites for hydroxylation is 2. The summed E-state index contributed by atoms with van der Waals surface area (Å²) in [6, 6.07) is 9.94. The van der Waals surface area contributed by atoms with Gasteiger partial charge in [-0.2, -0.15) is 0 Å². The van der Waals surface area contributed by atoms with Crippen LogP contribution in [0.15, 0.2) is 76.5 Å². The van der Waals surface area contributed by atoms with Crippen LogP contribution in [0, 0.1) is 38.2 Å². The maximum Gasteiger partial charge on any atom is 0.282 e. The maximum absolute atomic E-state index is 13.8. The molecule has 6 rings (SSSR count). The van der Waals surface area contributed by atoms with E-state index in [2.05, 4.69) is 29.9 Å². The number of methoxy groups -OCH3 is 3. The van der Waals surface area contributed by atoms with E-state index in [1.54, 1.807) is 33.1 Å². The SMILES string of the molecule is CCSc1ncc(C(=O)N(C)OC)c(N)n1.CCSc1ncc(C(=O)c2c(OC)ccc(F)c2C)c(N)n1.CCSc1ncc(C(=O)c2cc(F)c(C)cc2OC)c(N)n1.COc1ccc(F)c(C)c1. The Morgan fingerprint density at radius 1 is 0.571 bits per heavy atom. The molecule has 0 spiro atoms. The Labute approximate surface area is 417 Å². The monoisotopic (exact) mass is 1020 g/mol. The Bertz CT molecular complexity index is 2780. The molecule has 0 aliphatic rings. The Kier molecular flexibility index (Phi) is 23.1. The average molecular weight is 1030 g/mol. The first-order valence-corrected chi connectivity index (χ1v) is 23.9. The molecule has 17 nitrogen and oxygen atoms in total. The lowest BCUT2D eigenvalue weighted by Crippen LogP contribution is -2.26. The van der Waals surface area contributed by atoms with E-state index >= 15 is 0 Å². The van der Waals surface area contributed by atoms with Gasteiger partial charge < -0.3 is 31.4 Å². The largest absolute Gasteiger partial charge is 0.497 e. The molecule has 0 radical (unpaired) electrons. The number of carbonyl (C=O) groups is 3. The molecule has 3 aromatic carbocycles. The van der Waals surface area contributed by atoms with Crippen LogP contribution in [-0.2, 0) is 4.84 Å². The number of aromatic nitrogens is 6. The zero-order valence-corrected chi connectivity index (χ0v) is 42.9. The number of rotatable bonds is 15. The Hall–Kier alpha value is -6.69. The topological polar surface area (TPSA) is 247 Å². The summed E-state index contributed by atoms with van der Waals surface area (Å²) < 4.78 is 55.3. The van der Waals surface area contributed by atoms with Crippen LogP contribution in [0.5, 0.6) is 17.2 Å². The molecule has 3 heterocycles. The van der Waals surface area contributed by atoms with Crippen LogP contribution < -0.4 is 31.4 Å². The molecule has 0 saturated carbocycles. The molecule has 0 aliphatic heterocycles. The van der Waals surface area contributed by atoms with Gasteiger partial charge in [0, 0.05) is 25.6 Å². The summed E-state index contributed by atoms with van der Waals surface area (Å²) in [5.74, 6) is 1.56. The first-order chi connectivity index (χ1) is 33.3. The van der Waals surface area contributed by atoms with Crippen LogP contribution in [0.4, 0.5) is 30.6 Å². The number of nitrogens with zero attached hydrogens (tertiary/aromatic N) is 7. The number of anilines is 3. The molecule has 6 aromatic rings. The van der Waals surface area contributed by atoms with E-state index < -0.39 is 23.2 Å². The van der Waals surface area contributed by atoms with Gasteiger partial charge in [-0.05, 0) is 97.2 Å². The highest BCUT2D eigenvalue weighted by Gasteiger charge is 2.24. The fourth-order valence-corrected chi connectivity index (χ4v) is 7.28. The van der Waals surface area contributed by atoms with Gasteiger partial charge >= 0.3 is 0 Å². The van der Waals surface area contributed by atoms with Crippen LogP contribution >= 0.6 is 35.3 Å². The van der Waals surface area contributed by atoms with Crippen molar-refractivity contribution in [1.82, 2.24) is 35.0 Å². The summed E-state index contributed by atoms with van der Waals surface area (Å²) in [7, 11) is 7.30. The molecule has 0 saturated heterocycles. The number of nitrogen functional groups attached to an aromatic ring is 3. The van der Waals surface area contributed by atoms with Crippen molar-refractivity contribution in [3.63, 3.8) is 0 Å². The van der Waals surface area contributed by atoms with Gasteiger partial charge in [-0.25, -0.2) is 48.1 Å². The van der Waals surface area contributed by atoms with Crippen molar-refractivity contribution in [3.05, 3.63) is 123 Å². The lowest BCUT2D eigenvalue weighted by molar-refractivity contribution is -0.0756. The molecule has 23 heteroatoms. The smallest absolute Gasteiger partial charge is 0.282 e. The molecule has 0 aliphatic carbocycles. The minimum Gasteiger partial charge on any atom is -0.497 e. The summed E-state index contributed by atoms with van der Waals surface area (Å²) >= 11 is 4.31. The van der Waals surface area contributed by atoms with Gasteiger partial charge in [0.25, 0.3) is 5.91 Å². The number of hydrogen-bond donors (Lipinski definition) is 3. The number of ketones is 2. The van der Waals surface area contributed by atoms with Gasteiger partial charge in [-0.3, -0.25) is 19.2 Å². The summed E-state index contributed by atoms with van der Waals surface area (Å²) in [5, 5.41) is 2.64. The van der Waals surface area contributed by atoms with Gasteiger partial charge in [0.05, 0.1) is 50.7 Å². The second-order valence-corrected chi connectivity index (χ2v) is 17.7. The summed E-state index contributed by atoms with van der Waals surface area (Å²) in [6.07, 6.45) is 4.14. The molecule has 1 amide bonds. The number of ether oxygens (including phenoxy) is 3. The summed E-state index contributed by atoms with van der Waals surface area (Å²) in [6.45, 7) is 10.7. The van der Waals surface area contributed by atoms with Crippen molar-refractivity contribution in [2.45, 2.75) is 57.0 Å². The Morgan fingerprint density at radius 2 is 1.03 bits per heavy atom. The van der Waals surface area contributed by atoms with Crippen LogP contribution in [0.3, 0.4) is 0 Å². The quantitative estimate of drug-likeness (QED) is 0.0377. The fraction of sp³-hybridized carbons (Fsp3) is 0.298. The van der Waals surface area contributed by atoms with Crippen LogP contribution in [0.1, 0.15) is 79.7 Å². The van der Waals surface area contributed by atoms with E-state index in [0.29, 0.717) is 32.3 Å². The first-order valence-electron chi connectivity index (χ1n) is 21.0. The van der Waals surface area contributed by atoms with Gasteiger partial charge in [0.2, 0.25) is 11.6 Å². The predicted octanol–water partition coefficient (Wildman–Crippen LogP) is 8.66. The Morgan fingerprint density at radius 3 is 1.46 bits per heavy atom. The number of amides is 1. The van der Waals surface area contributed by atoms with Gasteiger partial charge in [0.1, 0.15) is 57.7 Å². The molecule has 0 bridgehead atoms. The van der Waals surface area contributed by atoms with Crippen molar-refractivity contribution >= 4 is 70.2 Å². The van der Waals surface area contributed by atoms with Gasteiger partial charge in [-0.15, -0.1) is 0 Å². The molecule has 374 valence electrons. The fourth-order valence-electron chi connectivity index (χ4n) is 5.64. The molecule has 0 unspecified atom stereocenters. The molecule has 70 heavy (non-hydrogen) atoms. The molecule has 0 atom stereocenters. The normalized spacial score (nSPS) is 10.3. The summed E-state index contributed by atoms with van der Waals surface area (Å²) in [4.78, 5) is 66.1. The van der Waals surface area contributed by atoms with Crippen LogP contribution in [-0.4, -0.2) is 105 Å². The van der Waals surface area contributed by atoms with Crippen molar-refractivity contribution in [2.75, 3.05) is 69.9 Å². The highest BCUT2D eigenvalue weighted by atomic mass is 32.2. The minimum atomic E-state index is -0.484. The maximum atomic E-state index is 13.8. The number of carbonyl (C=O) groups excluding carboxylic acids is 3. The number of thioether (sulfide) groups is 3. The third-order valence-corrected chi connectivity index (χ3v) is 11.6. The zero-order chi connectivity index (χ0) is 52.2. The lowest BCUT2D eigenvalue weighted by atomic mass is 9.99. The molecular weight excluding hydrogens is 970 g/mol. The first kappa shape index (κ1) is 57.6. The van der Waals surface area contributed by atoms with Crippen LogP contribution in [0.2, 0.25) is 0 Å². The standard InChI is InChI=1S/2C15H16FN3O2S.C9H14N4O2S.C8H9FO/c1-4-22-15-18-7-10(14(17)19-15)13(20)9-6-11(16)8(2)5-12(9)21-3;1-4-22-15-18-7-9(14(17)19-15)13(20)12-8(2)10(16)5-6-11(12)21-3;1-4-16-9-11-5-6(7(10)12-9)8(14)13(2)15-3;1-6-5-7(10-2)3-4-8(6)9/h2*5-7H,4H2,1-3H3,(H2,17,18,19);5H,4H2,1-3H3,(H2,10,11,12);3-5H,1-2H3. The molecule has 0 fully saturated rings. The summed E-state index contributed by atoms with van der Waals surface area (Å²) in [5.41, 5.74) is 19.3. The number of hydrogen-bond acceptors (Lipinski definition) is 19. The Balaban J connectivity index is 0.000000256. The number of nitrogens with two attached hydrogens (primary N) is 3. The van der Waals surface area contributed by atoms with Crippen molar-refractivity contribution in [2.24, 2.45) is 0 Å². The number of halogens is 3. The average Bonchev–Trinajstić information content (AvgIpc) is 3.34. The second kappa shape index (κ2) is 28.1. The molecule has 3 aromatic heterocycles. The van der Waals surface area contributed by atoms with E-state index in [0.717, 1.165) is 28.4 Å². The number of hydroxylamine groups is 2. The van der Waals surface area contributed by atoms with Crippen molar-refractivity contribution < 1.29 is 46.6 Å². The highest BCUT2D eigenvalue weighted by Crippen LogP contribution is 2.30. The molecular formula is C47H55F3N10O7S3. The van der Waals surface area contributed by atoms with Crippen molar-refractivity contribution in [1.29, 1.82) is 0 Å². The van der Waals surface area contributed by atoms with Gasteiger partial charge in [0.15, 0.2) is 15.5 Å². The third kappa shape index (κ3) is 15.7. The van der Waals surface area contributed by atoms with E-state index in [9.17, 15) is 27.6 Å². The predicted molar refractivity (Wildman–Crippen MR) is 268 cm³/mol. The molecule has 6 N–H and O–H groups in total. The van der Waals surface area contributed by atoms with Crippen molar-refractivity contribution in [3.8, 4) is 17.2 Å². The van der Waals surface area contributed by atoms with E-state index in [-0.39, 0.29) is 74.1 Å².